The molecular weight excluding hydrogens is 390 g/mol. The molecule has 4 aromatic heterocycles. The van der Waals surface area contributed by atoms with E-state index in [0.717, 1.165) is 65.3 Å². The maximum Gasteiger partial charge on any atom is 0.153 e. The Hall–Kier alpha value is -3.45. The molecule has 0 amide bonds. The lowest BCUT2D eigenvalue weighted by Gasteiger charge is -2.27. The minimum atomic E-state index is -0.200. The van der Waals surface area contributed by atoms with Crippen molar-refractivity contribution in [2.75, 3.05) is 5.32 Å². The molecule has 0 atom stereocenters. The lowest BCUT2D eigenvalue weighted by Crippen LogP contribution is -2.26. The van der Waals surface area contributed by atoms with Gasteiger partial charge in [0.1, 0.15) is 5.75 Å². The van der Waals surface area contributed by atoms with E-state index >= 15 is 0 Å². The standard InChI is InChI=1S/C24H25N5O2/c1-16-11-22(23(15-26-16)31-21-6-4-20(30)5-7-21)17-8-10-29-19(12-17)13-24(28-29)27-18-3-2-9-25-14-18/h2-3,8-15,20-21,30H,4-7H2,1H3,(H,27,28). The van der Waals surface area contributed by atoms with E-state index in [0.29, 0.717) is 0 Å². The number of rotatable bonds is 5. The molecule has 0 aromatic carbocycles. The lowest BCUT2D eigenvalue weighted by molar-refractivity contribution is 0.0667. The van der Waals surface area contributed by atoms with Crippen molar-refractivity contribution in [3.8, 4) is 16.9 Å². The van der Waals surface area contributed by atoms with E-state index in [-0.39, 0.29) is 12.2 Å². The zero-order valence-electron chi connectivity index (χ0n) is 17.4. The molecule has 0 bridgehead atoms. The first-order valence-corrected chi connectivity index (χ1v) is 10.6. The van der Waals surface area contributed by atoms with Gasteiger partial charge in [0.2, 0.25) is 0 Å². The maximum absolute atomic E-state index is 9.77. The van der Waals surface area contributed by atoms with Crippen molar-refractivity contribution in [1.29, 1.82) is 0 Å². The SMILES string of the molecule is Cc1cc(-c2ccn3nc(Nc4cccnc4)cc3c2)c(OC2CCC(O)CC2)cn1. The van der Waals surface area contributed by atoms with E-state index in [1.54, 1.807) is 12.4 Å². The number of nitrogens with one attached hydrogen (secondary N) is 1. The van der Waals surface area contributed by atoms with E-state index in [2.05, 4.69) is 32.5 Å². The van der Waals surface area contributed by atoms with E-state index < -0.39 is 0 Å². The first-order valence-electron chi connectivity index (χ1n) is 10.6. The van der Waals surface area contributed by atoms with Crippen LogP contribution in [-0.4, -0.2) is 36.9 Å². The number of ether oxygens (including phenoxy) is 1. The lowest BCUT2D eigenvalue weighted by atomic mass is 9.95. The number of aliphatic hydroxyl groups excluding tert-OH is 1. The molecule has 0 unspecified atom stereocenters. The first kappa shape index (κ1) is 19.5. The smallest absolute Gasteiger partial charge is 0.153 e. The number of aromatic nitrogens is 4. The van der Waals surface area contributed by atoms with Crippen LogP contribution < -0.4 is 10.1 Å². The van der Waals surface area contributed by atoms with Crippen LogP contribution >= 0.6 is 0 Å². The summed E-state index contributed by atoms with van der Waals surface area (Å²) in [5.41, 5.74) is 4.88. The molecule has 5 rings (SSSR count). The van der Waals surface area contributed by atoms with Crippen LogP contribution in [0.1, 0.15) is 31.4 Å². The maximum atomic E-state index is 9.77. The third-order valence-corrected chi connectivity index (χ3v) is 5.65. The van der Waals surface area contributed by atoms with Crippen LogP contribution in [0.4, 0.5) is 11.5 Å². The molecule has 0 saturated heterocycles. The van der Waals surface area contributed by atoms with Crippen LogP contribution in [0.2, 0.25) is 0 Å². The van der Waals surface area contributed by atoms with Crippen LogP contribution in [-0.2, 0) is 0 Å². The Morgan fingerprint density at radius 2 is 1.97 bits per heavy atom. The summed E-state index contributed by atoms with van der Waals surface area (Å²) in [4.78, 5) is 8.58. The van der Waals surface area contributed by atoms with Gasteiger partial charge in [-0.05, 0) is 68.5 Å². The summed E-state index contributed by atoms with van der Waals surface area (Å²) in [6.07, 6.45) is 10.5. The van der Waals surface area contributed by atoms with Gasteiger partial charge in [-0.25, -0.2) is 4.52 Å². The number of aliphatic hydroxyl groups is 1. The minimum Gasteiger partial charge on any atom is -0.488 e. The number of pyridine rings is 3. The summed E-state index contributed by atoms with van der Waals surface area (Å²) in [5, 5.41) is 17.6. The number of fused-ring (bicyclic) bond motifs is 1. The molecule has 158 valence electrons. The predicted octanol–water partition coefficient (Wildman–Crippen LogP) is 4.53. The summed E-state index contributed by atoms with van der Waals surface area (Å²) in [5.74, 6) is 1.54. The molecular formula is C24H25N5O2. The average molecular weight is 415 g/mol. The number of hydrogen-bond acceptors (Lipinski definition) is 6. The Balaban J connectivity index is 1.44. The van der Waals surface area contributed by atoms with Crippen molar-refractivity contribution >= 4 is 17.0 Å². The van der Waals surface area contributed by atoms with Crippen LogP contribution in [0.15, 0.2) is 61.2 Å². The number of aryl methyl sites for hydroxylation is 1. The van der Waals surface area contributed by atoms with Gasteiger partial charge in [0.15, 0.2) is 5.82 Å². The second kappa shape index (κ2) is 8.35. The van der Waals surface area contributed by atoms with Crippen molar-refractivity contribution in [3.05, 3.63) is 66.9 Å². The first-order chi connectivity index (χ1) is 15.1. The Morgan fingerprint density at radius 1 is 1.10 bits per heavy atom. The molecule has 2 N–H and O–H groups in total. The van der Waals surface area contributed by atoms with Crippen molar-refractivity contribution in [2.24, 2.45) is 0 Å². The monoisotopic (exact) mass is 415 g/mol. The summed E-state index contributed by atoms with van der Waals surface area (Å²) in [6.45, 7) is 1.98. The Morgan fingerprint density at radius 3 is 2.77 bits per heavy atom. The number of hydrogen-bond donors (Lipinski definition) is 2. The highest BCUT2D eigenvalue weighted by Gasteiger charge is 2.22. The van der Waals surface area contributed by atoms with Gasteiger partial charge in [0, 0.05) is 29.7 Å². The summed E-state index contributed by atoms with van der Waals surface area (Å²) in [6, 6.07) is 12.1. The molecule has 1 fully saturated rings. The van der Waals surface area contributed by atoms with E-state index in [1.165, 1.54) is 0 Å². The molecule has 7 heteroatoms. The zero-order chi connectivity index (χ0) is 21.2. The van der Waals surface area contributed by atoms with Gasteiger partial charge in [0.05, 0.1) is 35.8 Å². The van der Waals surface area contributed by atoms with Gasteiger partial charge < -0.3 is 15.2 Å². The van der Waals surface area contributed by atoms with E-state index in [1.807, 2.05) is 48.1 Å². The van der Waals surface area contributed by atoms with Crippen LogP contribution in [0.3, 0.4) is 0 Å². The molecule has 4 heterocycles. The highest BCUT2D eigenvalue weighted by Crippen LogP contribution is 2.34. The molecule has 0 spiro atoms. The fraction of sp³-hybridized carbons (Fsp3) is 0.292. The van der Waals surface area contributed by atoms with E-state index in [4.69, 9.17) is 4.74 Å². The molecule has 0 aliphatic heterocycles. The second-order valence-electron chi connectivity index (χ2n) is 8.05. The Bertz CT molecular complexity index is 1180. The van der Waals surface area contributed by atoms with Crippen LogP contribution in [0.5, 0.6) is 5.75 Å². The molecule has 1 aliphatic carbocycles. The molecule has 0 radical (unpaired) electrons. The normalized spacial score (nSPS) is 18.8. The van der Waals surface area contributed by atoms with Crippen molar-refractivity contribution in [3.63, 3.8) is 0 Å². The predicted molar refractivity (Wildman–Crippen MR) is 120 cm³/mol. The molecule has 4 aromatic rings. The zero-order valence-corrected chi connectivity index (χ0v) is 17.4. The van der Waals surface area contributed by atoms with Gasteiger partial charge in [0.25, 0.3) is 0 Å². The molecule has 7 nitrogen and oxygen atoms in total. The fourth-order valence-electron chi connectivity index (χ4n) is 4.02. The van der Waals surface area contributed by atoms with Gasteiger partial charge >= 0.3 is 0 Å². The molecule has 31 heavy (non-hydrogen) atoms. The van der Waals surface area contributed by atoms with Gasteiger partial charge in [-0.2, -0.15) is 5.10 Å². The molecule has 1 saturated carbocycles. The average Bonchev–Trinajstić information content (AvgIpc) is 3.18. The second-order valence-corrected chi connectivity index (χ2v) is 8.05. The summed E-state index contributed by atoms with van der Waals surface area (Å²) < 4.78 is 8.17. The molecule has 1 aliphatic rings. The van der Waals surface area contributed by atoms with Gasteiger partial charge in [-0.15, -0.1) is 0 Å². The highest BCUT2D eigenvalue weighted by atomic mass is 16.5. The van der Waals surface area contributed by atoms with Gasteiger partial charge in [-0.3, -0.25) is 9.97 Å². The van der Waals surface area contributed by atoms with Crippen molar-refractivity contribution in [1.82, 2.24) is 19.6 Å². The largest absolute Gasteiger partial charge is 0.488 e. The Labute approximate surface area is 180 Å². The van der Waals surface area contributed by atoms with Crippen molar-refractivity contribution < 1.29 is 9.84 Å². The van der Waals surface area contributed by atoms with Crippen LogP contribution in [0.25, 0.3) is 16.6 Å². The highest BCUT2D eigenvalue weighted by molar-refractivity contribution is 5.75. The van der Waals surface area contributed by atoms with Crippen LogP contribution in [0, 0.1) is 6.92 Å². The third kappa shape index (κ3) is 4.36. The van der Waals surface area contributed by atoms with Gasteiger partial charge in [-0.1, -0.05) is 0 Å². The summed E-state index contributed by atoms with van der Waals surface area (Å²) in [7, 11) is 0. The fourth-order valence-corrected chi connectivity index (χ4v) is 4.02. The Kier molecular flexibility index (Phi) is 5.26. The quantitative estimate of drug-likeness (QED) is 0.498. The number of nitrogens with zero attached hydrogens (tertiary/aromatic N) is 4. The topological polar surface area (TPSA) is 84.6 Å². The minimum absolute atomic E-state index is 0.112. The number of anilines is 2. The third-order valence-electron chi connectivity index (χ3n) is 5.65. The van der Waals surface area contributed by atoms with E-state index in [9.17, 15) is 5.11 Å². The van der Waals surface area contributed by atoms with Crippen molar-refractivity contribution in [2.45, 2.75) is 44.8 Å². The summed E-state index contributed by atoms with van der Waals surface area (Å²) >= 11 is 0.